The molecule has 2 aromatic rings. The Bertz CT molecular complexity index is 755. The molecule has 22 heavy (non-hydrogen) atoms. The number of nitrogens with one attached hydrogen (secondary N) is 1. The topological polar surface area (TPSA) is 92.6 Å². The maximum atomic E-state index is 12.2. The van der Waals surface area contributed by atoms with Gasteiger partial charge in [0.2, 0.25) is 5.91 Å². The third kappa shape index (κ3) is 3.09. The lowest BCUT2D eigenvalue weighted by molar-refractivity contribution is -0.135. The summed E-state index contributed by atoms with van der Waals surface area (Å²) in [7, 11) is 0. The fourth-order valence-electron chi connectivity index (χ4n) is 2.45. The molecule has 1 fully saturated rings. The lowest BCUT2D eigenvalue weighted by Gasteiger charge is -2.26. The van der Waals surface area contributed by atoms with Crippen LogP contribution in [-0.2, 0) is 9.53 Å². The Morgan fingerprint density at radius 2 is 1.95 bits per heavy atom. The second-order valence-electron chi connectivity index (χ2n) is 5.14. The third-order valence-corrected chi connectivity index (χ3v) is 3.67. The lowest BCUT2D eigenvalue weighted by atomic mass is 10.1. The van der Waals surface area contributed by atoms with Crippen molar-refractivity contribution in [2.45, 2.75) is 12.8 Å². The Labute approximate surface area is 125 Å². The molecule has 2 heterocycles. The molecule has 0 bridgehead atoms. The summed E-state index contributed by atoms with van der Waals surface area (Å²) in [6.45, 7) is 2.24. The number of aromatic amines is 1. The number of aromatic nitrogens is 1. The van der Waals surface area contributed by atoms with Crippen LogP contribution in [0, 0.1) is 0 Å². The number of fused-ring (bicyclic) bond motifs is 1. The van der Waals surface area contributed by atoms with Crippen molar-refractivity contribution in [2.75, 3.05) is 26.3 Å². The van der Waals surface area contributed by atoms with Gasteiger partial charge in [-0.2, -0.15) is 0 Å². The number of oxazole rings is 1. The highest BCUT2D eigenvalue weighted by Crippen LogP contribution is 2.15. The number of amides is 1. The average Bonchev–Trinajstić information content (AvgIpc) is 2.92. The molecule has 0 saturated carbocycles. The predicted molar refractivity (Wildman–Crippen MR) is 77.8 cm³/mol. The molecule has 116 valence electrons. The van der Waals surface area contributed by atoms with E-state index in [0.717, 1.165) is 0 Å². The zero-order valence-corrected chi connectivity index (χ0v) is 12.0. The minimum Gasteiger partial charge on any atom is -0.408 e. The van der Waals surface area contributed by atoms with E-state index in [1.165, 1.54) is 6.07 Å². The smallest absolute Gasteiger partial charge is 0.408 e. The first kappa shape index (κ1) is 14.5. The highest BCUT2D eigenvalue weighted by Gasteiger charge is 2.18. The van der Waals surface area contributed by atoms with Crippen molar-refractivity contribution in [2.24, 2.45) is 0 Å². The van der Waals surface area contributed by atoms with Gasteiger partial charge < -0.3 is 14.1 Å². The summed E-state index contributed by atoms with van der Waals surface area (Å²) < 4.78 is 10.1. The summed E-state index contributed by atoms with van der Waals surface area (Å²) in [5.41, 5.74) is 1.33. The van der Waals surface area contributed by atoms with Crippen LogP contribution in [0.3, 0.4) is 0 Å². The van der Waals surface area contributed by atoms with Crippen molar-refractivity contribution < 1.29 is 18.7 Å². The molecule has 7 nitrogen and oxygen atoms in total. The van der Waals surface area contributed by atoms with Crippen LogP contribution in [0.15, 0.2) is 27.4 Å². The molecule has 3 rings (SSSR count). The predicted octanol–water partition coefficient (Wildman–Crippen LogP) is 0.943. The van der Waals surface area contributed by atoms with Gasteiger partial charge in [0.25, 0.3) is 0 Å². The van der Waals surface area contributed by atoms with Crippen molar-refractivity contribution in [3.05, 3.63) is 34.3 Å². The van der Waals surface area contributed by atoms with Crippen LogP contribution >= 0.6 is 0 Å². The monoisotopic (exact) mass is 304 g/mol. The molecule has 1 amide bonds. The molecule has 0 radical (unpaired) electrons. The van der Waals surface area contributed by atoms with Gasteiger partial charge in [-0.25, -0.2) is 4.79 Å². The van der Waals surface area contributed by atoms with Gasteiger partial charge in [-0.05, 0) is 18.2 Å². The van der Waals surface area contributed by atoms with Gasteiger partial charge in [0.1, 0.15) is 0 Å². The zero-order valence-electron chi connectivity index (χ0n) is 12.0. The Kier molecular flexibility index (Phi) is 4.06. The molecule has 0 unspecified atom stereocenters. The van der Waals surface area contributed by atoms with Gasteiger partial charge in [0.05, 0.1) is 18.7 Å². The maximum Gasteiger partial charge on any atom is 0.417 e. The molecular formula is C15H16N2O5. The first-order chi connectivity index (χ1) is 10.6. The molecule has 0 aliphatic carbocycles. The quantitative estimate of drug-likeness (QED) is 0.849. The number of morpholine rings is 1. The number of Topliss-reactive ketones (excluding diaryl/α,β-unsaturated/α-hetero) is 1. The number of nitrogens with zero attached hydrogens (tertiary/aromatic N) is 1. The number of ketones is 1. The largest absolute Gasteiger partial charge is 0.417 e. The second-order valence-corrected chi connectivity index (χ2v) is 5.14. The van der Waals surface area contributed by atoms with Crippen LogP contribution < -0.4 is 5.76 Å². The van der Waals surface area contributed by atoms with Crippen molar-refractivity contribution in [3.63, 3.8) is 0 Å². The summed E-state index contributed by atoms with van der Waals surface area (Å²) in [6, 6.07) is 4.77. The molecule has 1 aromatic carbocycles. The van der Waals surface area contributed by atoms with Gasteiger partial charge in [-0.1, -0.05) is 0 Å². The summed E-state index contributed by atoms with van der Waals surface area (Å²) in [6.07, 6.45) is 0.310. The standard InChI is InChI=1S/C15H16N2O5/c18-12(3-4-14(19)17-5-7-21-8-6-17)10-1-2-11-13(9-10)22-15(20)16-11/h1-2,9H,3-8H2,(H,16,20). The molecule has 1 saturated heterocycles. The summed E-state index contributed by atoms with van der Waals surface area (Å²) in [4.78, 5) is 39.5. The number of H-pyrrole nitrogens is 1. The van der Waals surface area contributed by atoms with E-state index in [4.69, 9.17) is 9.15 Å². The van der Waals surface area contributed by atoms with Crippen LogP contribution in [0.4, 0.5) is 0 Å². The number of hydrogen-bond donors (Lipinski definition) is 1. The van der Waals surface area contributed by atoms with Crippen LogP contribution in [0.5, 0.6) is 0 Å². The van der Waals surface area contributed by atoms with E-state index in [9.17, 15) is 14.4 Å². The first-order valence-corrected chi connectivity index (χ1v) is 7.15. The van der Waals surface area contributed by atoms with Gasteiger partial charge in [0.15, 0.2) is 11.4 Å². The highest BCUT2D eigenvalue weighted by atomic mass is 16.5. The normalized spacial score (nSPS) is 15.2. The number of rotatable bonds is 4. The number of hydrogen-bond acceptors (Lipinski definition) is 5. The van der Waals surface area contributed by atoms with Crippen LogP contribution in [0.2, 0.25) is 0 Å². The van der Waals surface area contributed by atoms with Gasteiger partial charge in [-0.15, -0.1) is 0 Å². The van der Waals surface area contributed by atoms with Crippen LogP contribution in [0.25, 0.3) is 11.1 Å². The number of carbonyl (C=O) groups is 2. The van der Waals surface area contributed by atoms with Crippen molar-refractivity contribution in [1.82, 2.24) is 9.88 Å². The number of benzene rings is 1. The van der Waals surface area contributed by atoms with Crippen LogP contribution in [-0.4, -0.2) is 47.9 Å². The lowest BCUT2D eigenvalue weighted by Crippen LogP contribution is -2.40. The van der Waals surface area contributed by atoms with E-state index in [1.807, 2.05) is 0 Å². The molecule has 7 heteroatoms. The maximum absolute atomic E-state index is 12.2. The summed E-state index contributed by atoms with van der Waals surface area (Å²) in [5, 5.41) is 0. The SMILES string of the molecule is O=C(CCC(=O)N1CCOCC1)c1ccc2[nH]c(=O)oc2c1. The molecule has 1 aromatic heterocycles. The fourth-order valence-corrected chi connectivity index (χ4v) is 2.45. The Hall–Kier alpha value is -2.41. The third-order valence-electron chi connectivity index (χ3n) is 3.67. The second kappa shape index (κ2) is 6.15. The number of ether oxygens (including phenoxy) is 1. The fraction of sp³-hybridized carbons (Fsp3) is 0.400. The minimum atomic E-state index is -0.554. The van der Waals surface area contributed by atoms with Gasteiger partial charge in [-0.3, -0.25) is 14.6 Å². The summed E-state index contributed by atoms with van der Waals surface area (Å²) >= 11 is 0. The number of carbonyl (C=O) groups excluding carboxylic acids is 2. The van der Waals surface area contributed by atoms with E-state index < -0.39 is 5.76 Å². The zero-order chi connectivity index (χ0) is 15.5. The Balaban J connectivity index is 1.62. The minimum absolute atomic E-state index is 0.0362. The van der Waals surface area contributed by atoms with E-state index in [-0.39, 0.29) is 24.5 Å². The van der Waals surface area contributed by atoms with Crippen molar-refractivity contribution in [3.8, 4) is 0 Å². The molecule has 1 aliphatic heterocycles. The van der Waals surface area contributed by atoms with E-state index in [1.54, 1.807) is 17.0 Å². The van der Waals surface area contributed by atoms with E-state index in [2.05, 4.69) is 4.98 Å². The Morgan fingerprint density at radius 1 is 1.18 bits per heavy atom. The van der Waals surface area contributed by atoms with Crippen molar-refractivity contribution in [1.29, 1.82) is 0 Å². The molecule has 0 atom stereocenters. The molecular weight excluding hydrogens is 288 g/mol. The Morgan fingerprint density at radius 3 is 2.73 bits per heavy atom. The average molecular weight is 304 g/mol. The first-order valence-electron chi connectivity index (χ1n) is 7.15. The van der Waals surface area contributed by atoms with Gasteiger partial charge >= 0.3 is 5.76 Å². The van der Waals surface area contributed by atoms with E-state index in [0.29, 0.717) is 43.0 Å². The molecule has 0 spiro atoms. The summed E-state index contributed by atoms with van der Waals surface area (Å²) in [5.74, 6) is -0.736. The van der Waals surface area contributed by atoms with Crippen molar-refractivity contribution >= 4 is 22.8 Å². The van der Waals surface area contributed by atoms with Crippen LogP contribution in [0.1, 0.15) is 23.2 Å². The highest BCUT2D eigenvalue weighted by molar-refractivity contribution is 6.00. The van der Waals surface area contributed by atoms with E-state index >= 15 is 0 Å². The molecule has 1 N–H and O–H groups in total. The van der Waals surface area contributed by atoms with Gasteiger partial charge in [0, 0.05) is 31.5 Å². The molecule has 1 aliphatic rings.